The van der Waals surface area contributed by atoms with Crippen LogP contribution in [-0.4, -0.2) is 32.6 Å². The van der Waals surface area contributed by atoms with E-state index in [9.17, 15) is 9.59 Å². The lowest BCUT2D eigenvalue weighted by molar-refractivity contribution is -0.151. The van der Waals surface area contributed by atoms with Crippen molar-refractivity contribution in [2.24, 2.45) is 11.8 Å². The molecule has 3 unspecified atom stereocenters. The van der Waals surface area contributed by atoms with Crippen molar-refractivity contribution in [3.8, 4) is 11.5 Å². The number of allylic oxidation sites excluding steroid dienone is 1. The van der Waals surface area contributed by atoms with Gasteiger partial charge in [-0.1, -0.05) is 19.1 Å². The van der Waals surface area contributed by atoms with E-state index in [4.69, 9.17) is 14.2 Å². The minimum atomic E-state index is -0.853. The average Bonchev–Trinajstić information content (AvgIpc) is 2.96. The second-order valence-electron chi connectivity index (χ2n) is 8.15. The lowest BCUT2D eigenvalue weighted by Gasteiger charge is -2.32. The molecule has 8 heteroatoms. The average molecular weight is 515 g/mol. The van der Waals surface area contributed by atoms with Crippen molar-refractivity contribution in [3.05, 3.63) is 57.7 Å². The van der Waals surface area contributed by atoms with Gasteiger partial charge in [-0.3, -0.25) is 9.59 Å². The van der Waals surface area contributed by atoms with Gasteiger partial charge in [0.2, 0.25) is 0 Å². The molecule has 2 aromatic carbocycles. The highest BCUT2D eigenvalue weighted by Crippen LogP contribution is 2.46. The number of methoxy groups -OCH3 is 2. The molecule has 3 atom stereocenters. The first-order valence-electron chi connectivity index (χ1n) is 10.9. The molecule has 0 spiro atoms. The summed E-state index contributed by atoms with van der Waals surface area (Å²) in [4.78, 5) is 26.3. The number of hydrogen-bond donors (Lipinski definition) is 2. The Hall–Kier alpha value is -3.00. The monoisotopic (exact) mass is 514 g/mol. The van der Waals surface area contributed by atoms with E-state index in [-0.39, 0.29) is 11.7 Å². The molecule has 0 bridgehead atoms. The Morgan fingerprint density at radius 2 is 1.91 bits per heavy atom. The number of Topliss-reactive ketones (excluding diaryl/α,β-unsaturated/α-hetero) is 1. The zero-order chi connectivity index (χ0) is 23.7. The Labute approximate surface area is 201 Å². The SMILES string of the molecule is CCOc1c(Br)cc(C2Nc3ccccc3NC3=C2C(=O)C(C(=O)OC)C(C)C3)cc1OC. The molecule has 0 aromatic heterocycles. The molecule has 1 heterocycles. The number of esters is 1. The number of carbonyl (C=O) groups excluding carboxylic acids is 2. The zero-order valence-corrected chi connectivity index (χ0v) is 20.6. The second-order valence-corrected chi connectivity index (χ2v) is 9.01. The summed E-state index contributed by atoms with van der Waals surface area (Å²) in [6.07, 6.45) is 0.544. The minimum absolute atomic E-state index is 0.191. The Morgan fingerprint density at radius 1 is 1.18 bits per heavy atom. The second kappa shape index (κ2) is 9.47. The maximum absolute atomic E-state index is 13.8. The van der Waals surface area contributed by atoms with Crippen molar-refractivity contribution >= 4 is 39.1 Å². The topological polar surface area (TPSA) is 85.9 Å². The Bertz CT molecular complexity index is 1130. The molecule has 2 N–H and O–H groups in total. The van der Waals surface area contributed by atoms with E-state index in [1.54, 1.807) is 7.11 Å². The van der Waals surface area contributed by atoms with Crippen molar-refractivity contribution < 1.29 is 23.8 Å². The maximum Gasteiger partial charge on any atom is 0.316 e. The number of ketones is 1. The molecule has 0 saturated carbocycles. The number of nitrogens with one attached hydrogen (secondary N) is 2. The number of ether oxygens (including phenoxy) is 3. The number of rotatable bonds is 5. The van der Waals surface area contributed by atoms with Gasteiger partial charge in [-0.25, -0.2) is 0 Å². The van der Waals surface area contributed by atoms with Crippen LogP contribution in [0.1, 0.15) is 31.9 Å². The van der Waals surface area contributed by atoms with Crippen molar-refractivity contribution in [1.29, 1.82) is 0 Å². The van der Waals surface area contributed by atoms with E-state index >= 15 is 0 Å². The highest BCUT2D eigenvalue weighted by atomic mass is 79.9. The lowest BCUT2D eigenvalue weighted by atomic mass is 9.75. The Balaban J connectivity index is 1.90. The Kier molecular flexibility index (Phi) is 6.65. The van der Waals surface area contributed by atoms with Crippen LogP contribution in [0.2, 0.25) is 0 Å². The summed E-state index contributed by atoms with van der Waals surface area (Å²) < 4.78 is 17.0. The maximum atomic E-state index is 13.8. The van der Waals surface area contributed by atoms with Crippen LogP contribution in [0, 0.1) is 11.8 Å². The van der Waals surface area contributed by atoms with Crippen molar-refractivity contribution in [2.75, 3.05) is 31.5 Å². The van der Waals surface area contributed by atoms with Gasteiger partial charge in [-0.05, 0) is 65.0 Å². The largest absolute Gasteiger partial charge is 0.493 e. The first kappa shape index (κ1) is 23.2. The predicted octanol–water partition coefficient (Wildman–Crippen LogP) is 5.09. The molecule has 7 nitrogen and oxygen atoms in total. The van der Waals surface area contributed by atoms with Gasteiger partial charge in [0, 0.05) is 11.3 Å². The lowest BCUT2D eigenvalue weighted by Crippen LogP contribution is -2.39. The first-order valence-corrected chi connectivity index (χ1v) is 11.7. The predicted molar refractivity (Wildman–Crippen MR) is 130 cm³/mol. The van der Waals surface area contributed by atoms with Gasteiger partial charge in [0.15, 0.2) is 17.3 Å². The summed E-state index contributed by atoms with van der Waals surface area (Å²) in [5.74, 6) is -0.641. The third-order valence-electron chi connectivity index (χ3n) is 6.10. The highest BCUT2D eigenvalue weighted by molar-refractivity contribution is 9.10. The van der Waals surface area contributed by atoms with E-state index in [1.807, 2.05) is 50.2 Å². The number of fused-ring (bicyclic) bond motifs is 1. The highest BCUT2D eigenvalue weighted by Gasteiger charge is 2.44. The number of para-hydroxylation sites is 2. The molecule has 0 fully saturated rings. The summed E-state index contributed by atoms with van der Waals surface area (Å²) in [6.45, 7) is 4.29. The minimum Gasteiger partial charge on any atom is -0.493 e. The van der Waals surface area contributed by atoms with Crippen LogP contribution in [0.15, 0.2) is 52.1 Å². The molecular formula is C25H27BrN2O5. The van der Waals surface area contributed by atoms with Gasteiger partial charge in [0.25, 0.3) is 0 Å². The van der Waals surface area contributed by atoms with Gasteiger partial charge >= 0.3 is 5.97 Å². The van der Waals surface area contributed by atoms with Gasteiger partial charge < -0.3 is 24.8 Å². The molecular weight excluding hydrogens is 488 g/mol. The third kappa shape index (κ3) is 4.19. The number of halogens is 1. The van der Waals surface area contributed by atoms with E-state index < -0.39 is 17.9 Å². The van der Waals surface area contributed by atoms with Crippen molar-refractivity contribution in [2.45, 2.75) is 26.3 Å². The molecule has 0 amide bonds. The fourth-order valence-electron chi connectivity index (χ4n) is 4.57. The summed E-state index contributed by atoms with van der Waals surface area (Å²) >= 11 is 3.59. The fourth-order valence-corrected chi connectivity index (χ4v) is 5.15. The molecule has 2 aromatic rings. The smallest absolute Gasteiger partial charge is 0.316 e. The van der Waals surface area contributed by atoms with Crippen LogP contribution in [0.4, 0.5) is 11.4 Å². The van der Waals surface area contributed by atoms with E-state index in [0.717, 1.165) is 22.6 Å². The van der Waals surface area contributed by atoms with Crippen LogP contribution < -0.4 is 20.1 Å². The van der Waals surface area contributed by atoms with Crippen molar-refractivity contribution in [1.82, 2.24) is 0 Å². The van der Waals surface area contributed by atoms with Gasteiger partial charge in [-0.15, -0.1) is 0 Å². The third-order valence-corrected chi connectivity index (χ3v) is 6.69. The number of hydrogen-bond acceptors (Lipinski definition) is 7. The van der Waals surface area contributed by atoms with Gasteiger partial charge in [0.1, 0.15) is 5.92 Å². The summed E-state index contributed by atoms with van der Waals surface area (Å²) in [5.41, 5.74) is 3.87. The van der Waals surface area contributed by atoms with Crippen LogP contribution in [0.5, 0.6) is 11.5 Å². The molecule has 174 valence electrons. The number of benzene rings is 2. The summed E-state index contributed by atoms with van der Waals surface area (Å²) in [5, 5.41) is 6.97. The van der Waals surface area contributed by atoms with Gasteiger partial charge in [-0.2, -0.15) is 0 Å². The molecule has 1 aliphatic carbocycles. The molecule has 4 rings (SSSR count). The van der Waals surface area contributed by atoms with Crippen LogP contribution >= 0.6 is 15.9 Å². The first-order chi connectivity index (χ1) is 15.9. The normalized spacial score (nSPS) is 21.7. The fraction of sp³-hybridized carbons (Fsp3) is 0.360. The number of anilines is 2. The molecule has 0 saturated heterocycles. The molecule has 0 radical (unpaired) electrons. The molecule has 2 aliphatic rings. The zero-order valence-electron chi connectivity index (χ0n) is 19.0. The molecule has 1 aliphatic heterocycles. The van der Waals surface area contributed by atoms with E-state index in [1.165, 1.54) is 7.11 Å². The van der Waals surface area contributed by atoms with Crippen LogP contribution in [0.3, 0.4) is 0 Å². The standard InChI is InChI=1S/C25H27BrN2O5/c1-5-33-24-15(26)11-14(12-19(24)31-3)22-21-18(27-16-8-6-7-9-17(16)28-22)10-13(2)20(23(21)29)25(30)32-4/h6-9,11-13,20,22,27-28H,5,10H2,1-4H3. The van der Waals surface area contributed by atoms with Gasteiger partial charge in [0.05, 0.1) is 42.7 Å². The van der Waals surface area contributed by atoms with Crippen LogP contribution in [0.25, 0.3) is 0 Å². The summed E-state index contributed by atoms with van der Waals surface area (Å²) in [6, 6.07) is 11.1. The summed E-state index contributed by atoms with van der Waals surface area (Å²) in [7, 11) is 2.90. The quantitative estimate of drug-likeness (QED) is 0.424. The van der Waals surface area contributed by atoms with Crippen LogP contribution in [-0.2, 0) is 14.3 Å². The Morgan fingerprint density at radius 3 is 2.58 bits per heavy atom. The van der Waals surface area contributed by atoms with E-state index in [0.29, 0.717) is 34.6 Å². The number of carbonyl (C=O) groups is 2. The van der Waals surface area contributed by atoms with E-state index in [2.05, 4.69) is 26.6 Å². The molecule has 33 heavy (non-hydrogen) atoms. The van der Waals surface area contributed by atoms with Crippen molar-refractivity contribution in [3.63, 3.8) is 0 Å².